The van der Waals surface area contributed by atoms with E-state index in [1.807, 2.05) is 0 Å². The van der Waals surface area contributed by atoms with Crippen LogP contribution >= 0.6 is 28.3 Å². The molecule has 0 aliphatic rings. The maximum absolute atomic E-state index is 10.7. The van der Waals surface area contributed by atoms with Crippen LogP contribution < -0.4 is 5.73 Å². The Kier molecular flexibility index (Phi) is 5.62. The molecular formula is C5H15NO9P2S. The summed E-state index contributed by atoms with van der Waals surface area (Å²) in [6, 6.07) is -1.78. The number of aliphatic hydroxyl groups is 1. The second kappa shape index (κ2) is 5.47. The first kappa shape index (κ1) is 18.5. The van der Waals surface area contributed by atoms with Crippen molar-refractivity contribution in [3.63, 3.8) is 0 Å². The number of rotatable bonds is 6. The van der Waals surface area contributed by atoms with E-state index in [9.17, 15) is 14.2 Å². The van der Waals surface area contributed by atoms with Gasteiger partial charge in [-0.15, -0.1) is 0 Å². The van der Waals surface area contributed by atoms with Gasteiger partial charge in [0.15, 0.2) is 0 Å². The Morgan fingerprint density at radius 2 is 1.39 bits per heavy atom. The van der Waals surface area contributed by atoms with Crippen LogP contribution in [0.5, 0.6) is 0 Å². The molecule has 13 heteroatoms. The molecule has 0 heterocycles. The highest BCUT2D eigenvalue weighted by Crippen LogP contribution is 2.50. The number of nitrogens with two attached hydrogens (primary N) is 1. The average molecular weight is 327 g/mol. The van der Waals surface area contributed by atoms with E-state index in [1.165, 1.54) is 13.8 Å². The van der Waals surface area contributed by atoms with Crippen LogP contribution in [-0.4, -0.2) is 41.4 Å². The van der Waals surface area contributed by atoms with Gasteiger partial charge >= 0.3 is 21.6 Å². The van der Waals surface area contributed by atoms with Crippen molar-refractivity contribution < 1.29 is 42.9 Å². The molecule has 0 rings (SSSR count). The molecule has 0 saturated heterocycles. The third-order valence-corrected chi connectivity index (χ3v) is 2.93. The minimum absolute atomic E-state index is 1.30. The third-order valence-electron chi connectivity index (χ3n) is 1.65. The largest absolute Gasteiger partial charge is 0.474 e. The Bertz CT molecular complexity index is 359. The summed E-state index contributed by atoms with van der Waals surface area (Å²) >= 11 is 3.89. The van der Waals surface area contributed by atoms with Crippen molar-refractivity contribution in [1.29, 1.82) is 0 Å². The van der Waals surface area contributed by atoms with Gasteiger partial charge in [-0.25, -0.2) is 18.2 Å². The fraction of sp³-hybridized carbons (Fsp3) is 1.00. The van der Waals surface area contributed by atoms with Crippen LogP contribution in [-0.2, 0) is 18.2 Å². The van der Waals surface area contributed by atoms with Gasteiger partial charge in [-0.1, -0.05) is 0 Å². The van der Waals surface area contributed by atoms with Crippen molar-refractivity contribution >= 4 is 28.3 Å². The standard InChI is InChI=1S/C5H15NO9P2S/c1-4(2,18)3(6)5(7,14-16(8,9)10)15-17(11,12)13/h3,7,18H,6H2,1-2H3,(H2,8,9,10)(H2,11,12,13). The van der Waals surface area contributed by atoms with E-state index >= 15 is 0 Å². The molecule has 110 valence electrons. The summed E-state index contributed by atoms with van der Waals surface area (Å²) in [5.41, 5.74) is 5.38. The zero-order chi connectivity index (χ0) is 15.0. The second-order valence-corrected chi connectivity index (χ2v) is 7.41. The van der Waals surface area contributed by atoms with E-state index in [0.717, 1.165) is 0 Å². The first-order chi connectivity index (χ1) is 7.57. The molecule has 0 radical (unpaired) electrons. The lowest BCUT2D eigenvalue weighted by Crippen LogP contribution is -2.59. The SMILES string of the molecule is CC(C)(S)C(N)C(O)(OP(=O)(O)O)OP(=O)(O)O. The van der Waals surface area contributed by atoms with Crippen molar-refractivity contribution in [3.05, 3.63) is 0 Å². The summed E-state index contributed by atoms with van der Waals surface area (Å²) in [4.78, 5) is 34.3. The predicted molar refractivity (Wildman–Crippen MR) is 62.2 cm³/mol. The summed E-state index contributed by atoms with van der Waals surface area (Å²) in [7, 11) is -10.7. The highest BCUT2D eigenvalue weighted by Gasteiger charge is 2.52. The van der Waals surface area contributed by atoms with Crippen LogP contribution in [0.4, 0.5) is 0 Å². The van der Waals surface area contributed by atoms with Gasteiger partial charge < -0.3 is 30.4 Å². The van der Waals surface area contributed by atoms with Crippen LogP contribution in [0.25, 0.3) is 0 Å². The fourth-order valence-corrected chi connectivity index (χ4v) is 2.12. The van der Waals surface area contributed by atoms with Crippen molar-refractivity contribution in [2.24, 2.45) is 5.73 Å². The zero-order valence-corrected chi connectivity index (χ0v) is 12.0. The Labute approximate surface area is 108 Å². The van der Waals surface area contributed by atoms with Crippen LogP contribution in [0.1, 0.15) is 13.8 Å². The quantitative estimate of drug-likeness (QED) is 0.179. The minimum Gasteiger partial charge on any atom is -0.341 e. The first-order valence-electron chi connectivity index (χ1n) is 4.30. The van der Waals surface area contributed by atoms with Gasteiger partial charge in [-0.2, -0.15) is 12.6 Å². The lowest BCUT2D eigenvalue weighted by Gasteiger charge is -2.38. The van der Waals surface area contributed by atoms with Gasteiger partial charge in [0.1, 0.15) is 6.04 Å². The molecule has 0 aromatic heterocycles. The molecule has 10 nitrogen and oxygen atoms in total. The topological polar surface area (TPSA) is 180 Å². The molecular weight excluding hydrogens is 312 g/mol. The molecule has 7 N–H and O–H groups in total. The normalized spacial score (nSPS) is 16.7. The summed E-state index contributed by atoms with van der Waals surface area (Å²) < 4.78 is 27.6. The molecule has 0 aliphatic carbocycles. The lowest BCUT2D eigenvalue weighted by atomic mass is 10.0. The van der Waals surface area contributed by atoms with Crippen LogP contribution in [0, 0.1) is 0 Å². The van der Waals surface area contributed by atoms with Gasteiger partial charge in [0.2, 0.25) is 0 Å². The number of phosphoric acid groups is 2. The van der Waals surface area contributed by atoms with E-state index in [0.29, 0.717) is 0 Å². The van der Waals surface area contributed by atoms with E-state index in [1.54, 1.807) is 0 Å². The van der Waals surface area contributed by atoms with Crippen molar-refractivity contribution in [1.82, 2.24) is 0 Å². The molecule has 18 heavy (non-hydrogen) atoms. The number of thiol groups is 1. The Morgan fingerprint density at radius 3 is 1.56 bits per heavy atom. The van der Waals surface area contributed by atoms with Crippen molar-refractivity contribution in [3.8, 4) is 0 Å². The minimum atomic E-state index is -5.33. The predicted octanol–water partition coefficient (Wildman–Crippen LogP) is -1.11. The lowest BCUT2D eigenvalue weighted by molar-refractivity contribution is -0.300. The Balaban J connectivity index is 5.42. The molecule has 1 unspecified atom stereocenters. The number of hydrogen-bond donors (Lipinski definition) is 7. The number of hydrogen-bond acceptors (Lipinski definition) is 7. The van der Waals surface area contributed by atoms with Gasteiger partial charge in [0.05, 0.1) is 0 Å². The maximum Gasteiger partial charge on any atom is 0.474 e. The van der Waals surface area contributed by atoms with Gasteiger partial charge in [0, 0.05) is 4.75 Å². The Hall–Kier alpha value is 0.490. The molecule has 1 atom stereocenters. The van der Waals surface area contributed by atoms with Gasteiger partial charge in [0.25, 0.3) is 0 Å². The summed E-state index contributed by atoms with van der Waals surface area (Å²) in [6.45, 7) is 2.61. The molecule has 0 spiro atoms. The highest BCUT2D eigenvalue weighted by atomic mass is 32.1. The van der Waals surface area contributed by atoms with Crippen LogP contribution in [0.3, 0.4) is 0 Å². The van der Waals surface area contributed by atoms with E-state index in [4.69, 9.17) is 25.3 Å². The average Bonchev–Trinajstić information content (AvgIpc) is 1.92. The van der Waals surface area contributed by atoms with Gasteiger partial charge in [-0.3, -0.25) is 0 Å². The first-order valence-corrected chi connectivity index (χ1v) is 7.80. The molecule has 0 amide bonds. The third kappa shape index (κ3) is 6.60. The van der Waals surface area contributed by atoms with E-state index in [-0.39, 0.29) is 0 Å². The van der Waals surface area contributed by atoms with E-state index in [2.05, 4.69) is 21.7 Å². The monoisotopic (exact) mass is 327 g/mol. The maximum atomic E-state index is 10.7. The van der Waals surface area contributed by atoms with E-state index < -0.39 is 32.4 Å². The van der Waals surface area contributed by atoms with Crippen LogP contribution in [0.2, 0.25) is 0 Å². The fourth-order valence-electron chi connectivity index (χ4n) is 0.917. The molecule has 0 aromatic carbocycles. The second-order valence-electron chi connectivity index (χ2n) is 3.93. The molecule has 0 aliphatic heterocycles. The van der Waals surface area contributed by atoms with Crippen molar-refractivity contribution in [2.45, 2.75) is 30.6 Å². The van der Waals surface area contributed by atoms with Gasteiger partial charge in [-0.05, 0) is 13.8 Å². The summed E-state index contributed by atoms with van der Waals surface area (Å²) in [5.74, 6) is -3.41. The molecule has 0 aromatic rings. The smallest absolute Gasteiger partial charge is 0.341 e. The molecule has 0 fully saturated rings. The zero-order valence-electron chi connectivity index (χ0n) is 9.37. The summed E-state index contributed by atoms with van der Waals surface area (Å²) in [6.07, 6.45) is 0. The summed E-state index contributed by atoms with van der Waals surface area (Å²) in [5, 5.41) is 9.68. The molecule has 0 bridgehead atoms. The highest BCUT2D eigenvalue weighted by molar-refractivity contribution is 7.81. The van der Waals surface area contributed by atoms with Crippen LogP contribution in [0.15, 0.2) is 0 Å². The Morgan fingerprint density at radius 1 is 1.11 bits per heavy atom. The van der Waals surface area contributed by atoms with Crippen molar-refractivity contribution in [2.75, 3.05) is 0 Å². The molecule has 0 saturated carbocycles. The number of phosphoric ester groups is 2.